The normalized spacial score (nSPS) is 11.1. The number of aliphatic imine (C=N–C) groups is 1. The van der Waals surface area contributed by atoms with Gasteiger partial charge in [0.25, 0.3) is 0 Å². The lowest BCUT2D eigenvalue weighted by atomic mass is 10.2. The van der Waals surface area contributed by atoms with Crippen LogP contribution in [0.2, 0.25) is 0 Å². The first-order valence-electron chi connectivity index (χ1n) is 8.64. The third kappa shape index (κ3) is 4.73. The van der Waals surface area contributed by atoms with Crippen LogP contribution in [0.3, 0.4) is 0 Å². The molecule has 0 heterocycles. The van der Waals surface area contributed by atoms with Crippen molar-refractivity contribution in [2.45, 2.75) is 0 Å². The van der Waals surface area contributed by atoms with Crippen molar-refractivity contribution in [1.29, 1.82) is 0 Å². The van der Waals surface area contributed by atoms with Gasteiger partial charge in [-0.25, -0.2) is 0 Å². The number of azo groups is 1. The fourth-order valence-corrected chi connectivity index (χ4v) is 2.54. The molecule has 0 aliphatic carbocycles. The molecule has 0 N–H and O–H groups in total. The molecule has 0 aromatic heterocycles. The molecule has 142 valence electrons. The fourth-order valence-electron chi connectivity index (χ4n) is 2.54. The third-order valence-electron chi connectivity index (χ3n) is 3.94. The standard InChI is InChI=1S/C22H21N3O3/c1-26-20-13-16(14-21(27-2)22(20)28-3)15-23-17-9-11-19(12-10-17)25-24-18-7-5-4-6-8-18/h4-15H,1-3H3. The van der Waals surface area contributed by atoms with E-state index in [9.17, 15) is 0 Å². The summed E-state index contributed by atoms with van der Waals surface area (Å²) in [5, 5.41) is 8.43. The summed E-state index contributed by atoms with van der Waals surface area (Å²) in [7, 11) is 4.74. The van der Waals surface area contributed by atoms with Gasteiger partial charge in [0.1, 0.15) is 0 Å². The largest absolute Gasteiger partial charge is 0.493 e. The van der Waals surface area contributed by atoms with Crippen LogP contribution in [-0.2, 0) is 0 Å². The maximum Gasteiger partial charge on any atom is 0.203 e. The molecule has 0 amide bonds. The predicted molar refractivity (Wildman–Crippen MR) is 110 cm³/mol. The van der Waals surface area contributed by atoms with Crippen LogP contribution < -0.4 is 14.2 Å². The summed E-state index contributed by atoms with van der Waals surface area (Å²) in [5.41, 5.74) is 3.21. The Labute approximate surface area is 164 Å². The zero-order chi connectivity index (χ0) is 19.8. The van der Waals surface area contributed by atoms with Crippen LogP contribution in [0, 0.1) is 0 Å². The molecular weight excluding hydrogens is 354 g/mol. The number of ether oxygens (including phenoxy) is 3. The number of rotatable bonds is 7. The van der Waals surface area contributed by atoms with Crippen LogP contribution >= 0.6 is 0 Å². The zero-order valence-corrected chi connectivity index (χ0v) is 16.0. The Morgan fingerprint density at radius 3 is 1.71 bits per heavy atom. The van der Waals surface area contributed by atoms with Crippen molar-refractivity contribution in [3.8, 4) is 17.2 Å². The van der Waals surface area contributed by atoms with Crippen molar-refractivity contribution in [3.63, 3.8) is 0 Å². The Balaban J connectivity index is 1.75. The Hall–Kier alpha value is -3.67. The Bertz CT molecular complexity index is 943. The second-order valence-electron chi connectivity index (χ2n) is 5.77. The maximum atomic E-state index is 5.36. The molecule has 0 bridgehead atoms. The predicted octanol–water partition coefficient (Wildman–Crippen LogP) is 5.88. The fraction of sp³-hybridized carbons (Fsp3) is 0.136. The maximum absolute atomic E-state index is 5.36. The van der Waals surface area contributed by atoms with Gasteiger partial charge in [-0.1, -0.05) is 18.2 Å². The molecule has 0 spiro atoms. The summed E-state index contributed by atoms with van der Waals surface area (Å²) in [6.45, 7) is 0. The van der Waals surface area contributed by atoms with Gasteiger partial charge in [0, 0.05) is 11.8 Å². The molecular formula is C22H21N3O3. The van der Waals surface area contributed by atoms with E-state index >= 15 is 0 Å². The van der Waals surface area contributed by atoms with Gasteiger partial charge >= 0.3 is 0 Å². The van der Waals surface area contributed by atoms with Crippen LogP contribution in [0.15, 0.2) is 82.0 Å². The van der Waals surface area contributed by atoms with Gasteiger partial charge in [0.05, 0.1) is 38.4 Å². The molecule has 0 aliphatic rings. The summed E-state index contributed by atoms with van der Waals surface area (Å²) in [6, 6.07) is 20.8. The minimum atomic E-state index is 0.551. The molecule has 3 aromatic carbocycles. The summed E-state index contributed by atoms with van der Waals surface area (Å²) in [5.74, 6) is 1.72. The smallest absolute Gasteiger partial charge is 0.203 e. The first kappa shape index (κ1) is 19.1. The van der Waals surface area contributed by atoms with Crippen LogP contribution in [-0.4, -0.2) is 27.5 Å². The third-order valence-corrected chi connectivity index (χ3v) is 3.94. The SMILES string of the molecule is COc1cc(C=Nc2ccc(N=Nc3ccccc3)cc2)cc(OC)c1OC. The van der Waals surface area contributed by atoms with Gasteiger partial charge in [-0.2, -0.15) is 10.2 Å². The van der Waals surface area contributed by atoms with Gasteiger partial charge in [0.2, 0.25) is 5.75 Å². The lowest BCUT2D eigenvalue weighted by Gasteiger charge is -2.12. The molecule has 0 aliphatic heterocycles. The molecule has 6 heteroatoms. The quantitative estimate of drug-likeness (QED) is 0.383. The monoisotopic (exact) mass is 375 g/mol. The van der Waals surface area contributed by atoms with Gasteiger partial charge in [-0.15, -0.1) is 0 Å². The van der Waals surface area contributed by atoms with Crippen molar-refractivity contribution in [1.82, 2.24) is 0 Å². The molecule has 0 saturated carbocycles. The van der Waals surface area contributed by atoms with Crippen LogP contribution in [0.5, 0.6) is 17.2 Å². The lowest BCUT2D eigenvalue weighted by molar-refractivity contribution is 0.324. The van der Waals surface area contributed by atoms with E-state index in [4.69, 9.17) is 14.2 Å². The highest BCUT2D eigenvalue weighted by molar-refractivity contribution is 5.84. The second-order valence-corrected chi connectivity index (χ2v) is 5.77. The van der Waals surface area contributed by atoms with Crippen LogP contribution in [0.1, 0.15) is 5.56 Å². The molecule has 0 unspecified atom stereocenters. The van der Waals surface area contributed by atoms with Gasteiger partial charge < -0.3 is 14.2 Å². The zero-order valence-electron chi connectivity index (χ0n) is 16.0. The molecule has 28 heavy (non-hydrogen) atoms. The minimum absolute atomic E-state index is 0.551. The lowest BCUT2D eigenvalue weighted by Crippen LogP contribution is -1.96. The number of methoxy groups -OCH3 is 3. The molecule has 0 atom stereocenters. The molecule has 6 nitrogen and oxygen atoms in total. The van der Waals surface area contributed by atoms with Gasteiger partial charge in [-0.05, 0) is 48.5 Å². The van der Waals surface area contributed by atoms with Crippen molar-refractivity contribution in [2.75, 3.05) is 21.3 Å². The number of hydrogen-bond donors (Lipinski definition) is 0. The second kappa shape index (κ2) is 9.32. The molecule has 0 saturated heterocycles. The highest BCUT2D eigenvalue weighted by Crippen LogP contribution is 2.37. The number of nitrogens with zero attached hydrogens (tertiary/aromatic N) is 3. The number of benzene rings is 3. The van der Waals surface area contributed by atoms with Crippen molar-refractivity contribution in [3.05, 3.63) is 72.3 Å². The summed E-state index contributed by atoms with van der Waals surface area (Å²) < 4.78 is 16.1. The summed E-state index contributed by atoms with van der Waals surface area (Å²) >= 11 is 0. The minimum Gasteiger partial charge on any atom is -0.493 e. The first-order valence-corrected chi connectivity index (χ1v) is 8.64. The molecule has 3 aromatic rings. The Morgan fingerprint density at radius 2 is 1.18 bits per heavy atom. The highest BCUT2D eigenvalue weighted by atomic mass is 16.5. The average molecular weight is 375 g/mol. The van der Waals surface area contributed by atoms with E-state index in [1.165, 1.54) is 0 Å². The topological polar surface area (TPSA) is 64.8 Å². The van der Waals surface area contributed by atoms with E-state index in [1.54, 1.807) is 27.5 Å². The Morgan fingerprint density at radius 1 is 0.643 bits per heavy atom. The first-order chi connectivity index (χ1) is 13.7. The molecule has 3 rings (SSSR count). The van der Waals surface area contributed by atoms with E-state index in [-0.39, 0.29) is 0 Å². The van der Waals surface area contributed by atoms with Gasteiger partial charge in [-0.3, -0.25) is 4.99 Å². The van der Waals surface area contributed by atoms with Crippen molar-refractivity contribution in [2.24, 2.45) is 15.2 Å². The van der Waals surface area contributed by atoms with E-state index < -0.39 is 0 Å². The van der Waals surface area contributed by atoms with E-state index in [1.807, 2.05) is 66.7 Å². The van der Waals surface area contributed by atoms with Crippen LogP contribution in [0.4, 0.5) is 17.1 Å². The van der Waals surface area contributed by atoms with E-state index in [2.05, 4.69) is 15.2 Å². The van der Waals surface area contributed by atoms with E-state index in [0.29, 0.717) is 17.2 Å². The van der Waals surface area contributed by atoms with Crippen molar-refractivity contribution < 1.29 is 14.2 Å². The van der Waals surface area contributed by atoms with E-state index in [0.717, 1.165) is 22.6 Å². The van der Waals surface area contributed by atoms with Crippen molar-refractivity contribution >= 4 is 23.3 Å². The summed E-state index contributed by atoms with van der Waals surface area (Å²) in [4.78, 5) is 4.49. The van der Waals surface area contributed by atoms with Crippen LogP contribution in [0.25, 0.3) is 0 Å². The average Bonchev–Trinajstić information content (AvgIpc) is 2.76. The molecule has 0 fully saturated rings. The summed E-state index contributed by atoms with van der Waals surface area (Å²) in [6.07, 6.45) is 1.74. The van der Waals surface area contributed by atoms with Gasteiger partial charge in [0.15, 0.2) is 11.5 Å². The Kier molecular flexibility index (Phi) is 6.36. The highest BCUT2D eigenvalue weighted by Gasteiger charge is 2.12. The number of hydrogen-bond acceptors (Lipinski definition) is 6. The molecule has 0 radical (unpaired) electrons.